The van der Waals surface area contributed by atoms with Gasteiger partial charge >= 0.3 is 6.18 Å². The molecule has 0 heterocycles. The Hall–Kier alpha value is -2.25. The number of halogens is 3. The summed E-state index contributed by atoms with van der Waals surface area (Å²) in [6.45, 7) is 6.67. The first kappa shape index (κ1) is 20.1. The maximum Gasteiger partial charge on any atom is 0.417 e. The number of benzene rings is 2. The second-order valence-electron chi connectivity index (χ2n) is 4.98. The van der Waals surface area contributed by atoms with Crippen LogP contribution >= 0.6 is 23.5 Å². The molecule has 2 nitrogen and oxygen atoms in total. The van der Waals surface area contributed by atoms with Crippen molar-refractivity contribution in [1.82, 2.24) is 0 Å². The maximum absolute atomic E-state index is 13.5. The van der Waals surface area contributed by atoms with Crippen LogP contribution in [0.4, 0.5) is 13.2 Å². The van der Waals surface area contributed by atoms with Gasteiger partial charge in [-0.3, -0.25) is 9.59 Å². The third-order valence-corrected chi connectivity index (χ3v) is 4.97. The summed E-state index contributed by atoms with van der Waals surface area (Å²) in [7, 11) is 0. The van der Waals surface area contributed by atoms with Crippen molar-refractivity contribution in [1.29, 1.82) is 0 Å². The summed E-state index contributed by atoms with van der Waals surface area (Å²) in [5.41, 5.74) is -0.472. The van der Waals surface area contributed by atoms with Crippen molar-refractivity contribution in [2.75, 3.05) is 0 Å². The van der Waals surface area contributed by atoms with Crippen LogP contribution < -0.4 is 0 Å². The van der Waals surface area contributed by atoms with Crippen molar-refractivity contribution in [3.8, 4) is 11.1 Å². The number of rotatable bonds is 5. The van der Waals surface area contributed by atoms with Gasteiger partial charge in [0, 0.05) is 9.79 Å². The van der Waals surface area contributed by atoms with Gasteiger partial charge in [0.05, 0.1) is 5.56 Å². The first-order valence-electron chi connectivity index (χ1n) is 7.24. The van der Waals surface area contributed by atoms with E-state index in [2.05, 4.69) is 13.2 Å². The van der Waals surface area contributed by atoms with Crippen molar-refractivity contribution in [3.63, 3.8) is 0 Å². The Balaban J connectivity index is 2.41. The van der Waals surface area contributed by atoms with E-state index in [1.807, 2.05) is 0 Å². The molecule has 7 heteroatoms. The van der Waals surface area contributed by atoms with E-state index in [4.69, 9.17) is 0 Å². The van der Waals surface area contributed by atoms with Crippen LogP contribution in [-0.4, -0.2) is 10.2 Å². The standard InChI is InChI=1S/C19H13F3O2S2/c1-3-17(23)25-13-7-5-12(6-8-13)15-10-9-14(26-18(24)4-2)11-16(15)19(20,21)22/h3-11H,1-2H2. The van der Waals surface area contributed by atoms with Crippen LogP contribution in [0.25, 0.3) is 11.1 Å². The van der Waals surface area contributed by atoms with Crippen LogP contribution in [0.15, 0.2) is 77.6 Å². The highest BCUT2D eigenvalue weighted by atomic mass is 32.2. The van der Waals surface area contributed by atoms with Gasteiger partial charge in [-0.1, -0.05) is 31.4 Å². The van der Waals surface area contributed by atoms with Crippen molar-refractivity contribution < 1.29 is 22.8 Å². The minimum absolute atomic E-state index is 0.000464. The zero-order valence-electron chi connectivity index (χ0n) is 13.4. The van der Waals surface area contributed by atoms with Crippen LogP contribution in [0.1, 0.15) is 5.56 Å². The zero-order chi connectivity index (χ0) is 19.3. The molecule has 0 aromatic heterocycles. The molecule has 134 valence electrons. The van der Waals surface area contributed by atoms with Crippen molar-refractivity contribution >= 4 is 33.8 Å². The minimum atomic E-state index is -4.57. The topological polar surface area (TPSA) is 34.1 Å². The summed E-state index contributed by atoms with van der Waals surface area (Å²) in [4.78, 5) is 23.5. The lowest BCUT2D eigenvalue weighted by Gasteiger charge is -2.14. The lowest BCUT2D eigenvalue weighted by atomic mass is 9.99. The third kappa shape index (κ3) is 5.12. The molecule has 2 aromatic carbocycles. The quantitative estimate of drug-likeness (QED) is 0.461. The van der Waals surface area contributed by atoms with Crippen LogP contribution in [0.5, 0.6) is 0 Å². The molecule has 0 fully saturated rings. The average Bonchev–Trinajstić information content (AvgIpc) is 2.61. The van der Waals surface area contributed by atoms with Crippen LogP contribution in [-0.2, 0) is 15.8 Å². The van der Waals surface area contributed by atoms with Crippen molar-refractivity contribution in [3.05, 3.63) is 73.3 Å². The first-order chi connectivity index (χ1) is 12.2. The van der Waals surface area contributed by atoms with Crippen molar-refractivity contribution in [2.45, 2.75) is 16.0 Å². The monoisotopic (exact) mass is 394 g/mol. The van der Waals surface area contributed by atoms with Crippen LogP contribution in [0.2, 0.25) is 0 Å². The number of hydrogen-bond donors (Lipinski definition) is 0. The van der Waals surface area contributed by atoms with E-state index in [0.29, 0.717) is 22.2 Å². The SMILES string of the molecule is C=CC(=O)Sc1ccc(-c2ccc(SC(=O)C=C)cc2C(F)(F)F)cc1. The Morgan fingerprint density at radius 2 is 1.35 bits per heavy atom. The Morgan fingerprint density at radius 1 is 0.846 bits per heavy atom. The fourth-order valence-corrected chi connectivity index (χ4v) is 3.31. The van der Waals surface area contributed by atoms with Gasteiger partial charge in [-0.25, -0.2) is 0 Å². The van der Waals surface area contributed by atoms with Crippen molar-refractivity contribution in [2.24, 2.45) is 0 Å². The smallest absolute Gasteiger partial charge is 0.282 e. The average molecular weight is 394 g/mol. The molecule has 2 aromatic rings. The summed E-state index contributed by atoms with van der Waals surface area (Å²) in [5, 5.41) is -0.680. The van der Waals surface area contributed by atoms with E-state index in [0.717, 1.165) is 23.9 Å². The van der Waals surface area contributed by atoms with Gasteiger partial charge in [0.1, 0.15) is 0 Å². The highest BCUT2D eigenvalue weighted by molar-refractivity contribution is 8.14. The summed E-state index contributed by atoms with van der Waals surface area (Å²) in [6, 6.07) is 9.93. The van der Waals surface area contributed by atoms with E-state index in [1.165, 1.54) is 30.3 Å². The molecule has 0 aliphatic heterocycles. The molecular formula is C19H13F3O2S2. The van der Waals surface area contributed by atoms with Gasteiger partial charge in [0.25, 0.3) is 0 Å². The van der Waals surface area contributed by atoms with E-state index >= 15 is 0 Å². The van der Waals surface area contributed by atoms with Crippen LogP contribution in [0.3, 0.4) is 0 Å². The lowest BCUT2D eigenvalue weighted by molar-refractivity contribution is -0.137. The highest BCUT2D eigenvalue weighted by Crippen LogP contribution is 2.39. The largest absolute Gasteiger partial charge is 0.417 e. The Bertz CT molecular complexity index is 856. The Morgan fingerprint density at radius 3 is 1.85 bits per heavy atom. The third-order valence-electron chi connectivity index (χ3n) is 3.23. The van der Waals surface area contributed by atoms with Gasteiger partial charge < -0.3 is 0 Å². The molecule has 0 amide bonds. The Labute approximate surface area is 157 Å². The molecule has 0 radical (unpaired) electrons. The van der Waals surface area contributed by atoms with Gasteiger partial charge in [0.15, 0.2) is 0 Å². The maximum atomic E-state index is 13.5. The number of hydrogen-bond acceptors (Lipinski definition) is 4. The number of carbonyl (C=O) groups excluding carboxylic acids is 2. The molecule has 0 saturated heterocycles. The minimum Gasteiger partial charge on any atom is -0.282 e. The molecule has 0 spiro atoms. The van der Waals surface area contributed by atoms with E-state index in [9.17, 15) is 22.8 Å². The summed E-state index contributed by atoms with van der Waals surface area (Å²) in [5.74, 6) is 0. The van der Waals surface area contributed by atoms with E-state index in [1.54, 1.807) is 12.1 Å². The zero-order valence-corrected chi connectivity index (χ0v) is 15.0. The first-order valence-corrected chi connectivity index (χ1v) is 8.88. The normalized spacial score (nSPS) is 11.0. The number of thioether (sulfide) groups is 2. The van der Waals surface area contributed by atoms with Gasteiger partial charge in [-0.2, -0.15) is 13.2 Å². The molecule has 0 atom stereocenters. The molecule has 0 aliphatic rings. The summed E-state index contributed by atoms with van der Waals surface area (Å²) >= 11 is 1.62. The van der Waals surface area contributed by atoms with E-state index in [-0.39, 0.29) is 15.6 Å². The molecule has 0 saturated carbocycles. The summed E-state index contributed by atoms with van der Waals surface area (Å²) < 4.78 is 40.4. The molecule has 0 aliphatic carbocycles. The molecule has 0 unspecified atom stereocenters. The Kier molecular flexibility index (Phi) is 6.50. The summed E-state index contributed by atoms with van der Waals surface area (Å²) in [6.07, 6.45) is -2.36. The second-order valence-corrected chi connectivity index (χ2v) is 7.14. The van der Waals surface area contributed by atoms with Gasteiger partial charge in [-0.05, 0) is 71.1 Å². The number of alkyl halides is 3. The highest BCUT2D eigenvalue weighted by Gasteiger charge is 2.34. The number of carbonyl (C=O) groups is 2. The predicted octanol–water partition coefficient (Wildman–Crippen LogP) is 5.98. The molecule has 2 rings (SSSR count). The van der Waals surface area contributed by atoms with Crippen LogP contribution in [0, 0.1) is 0 Å². The lowest BCUT2D eigenvalue weighted by Crippen LogP contribution is -2.07. The molecular weight excluding hydrogens is 381 g/mol. The predicted molar refractivity (Wildman–Crippen MR) is 99.0 cm³/mol. The molecule has 0 N–H and O–H groups in total. The fourth-order valence-electron chi connectivity index (χ4n) is 2.09. The molecule has 0 bridgehead atoms. The van der Waals surface area contributed by atoms with Gasteiger partial charge in [0.2, 0.25) is 10.2 Å². The van der Waals surface area contributed by atoms with E-state index < -0.39 is 16.9 Å². The second kappa shape index (κ2) is 8.42. The molecule has 26 heavy (non-hydrogen) atoms. The van der Waals surface area contributed by atoms with Gasteiger partial charge in [-0.15, -0.1) is 0 Å². The fraction of sp³-hybridized carbons (Fsp3) is 0.0526.